The van der Waals surface area contributed by atoms with Crippen molar-refractivity contribution in [3.8, 4) is 0 Å². The van der Waals surface area contributed by atoms with E-state index >= 15 is 0 Å². The zero-order valence-electron chi connectivity index (χ0n) is 11.3. The number of nitrogens with zero attached hydrogens (tertiary/aromatic N) is 2. The molecule has 0 bridgehead atoms. The Hall–Kier alpha value is -1.88. The van der Waals surface area contributed by atoms with E-state index in [1.807, 2.05) is 50.2 Å². The van der Waals surface area contributed by atoms with Crippen LogP contribution in [0.1, 0.15) is 6.92 Å². The van der Waals surface area contributed by atoms with Crippen molar-refractivity contribution < 1.29 is 4.79 Å². The molecule has 18 heavy (non-hydrogen) atoms. The van der Waals surface area contributed by atoms with E-state index in [2.05, 4.69) is 15.6 Å². The van der Waals surface area contributed by atoms with Crippen LogP contribution in [0.25, 0.3) is 0 Å². The van der Waals surface area contributed by atoms with E-state index in [1.54, 1.807) is 7.05 Å². The van der Waals surface area contributed by atoms with Gasteiger partial charge in [-0.3, -0.25) is 4.79 Å². The minimum absolute atomic E-state index is 0.0572. The highest BCUT2D eigenvalue weighted by atomic mass is 16.1. The van der Waals surface area contributed by atoms with Crippen molar-refractivity contribution >= 4 is 23.1 Å². The molecule has 1 amide bonds. The molecule has 1 aromatic carbocycles. The molecule has 0 aliphatic carbocycles. The van der Waals surface area contributed by atoms with Crippen LogP contribution in [0.4, 0.5) is 11.4 Å². The first kappa shape index (κ1) is 14.2. The van der Waals surface area contributed by atoms with Crippen molar-refractivity contribution in [2.24, 2.45) is 4.99 Å². The summed E-state index contributed by atoms with van der Waals surface area (Å²) in [6.07, 6.45) is 0. The van der Waals surface area contributed by atoms with Crippen LogP contribution in [0.15, 0.2) is 29.3 Å². The fourth-order valence-corrected chi connectivity index (χ4v) is 1.27. The summed E-state index contributed by atoms with van der Waals surface area (Å²) in [5.74, 6) is 0.875. The van der Waals surface area contributed by atoms with E-state index in [0.717, 1.165) is 17.2 Å². The predicted molar refractivity (Wildman–Crippen MR) is 75.5 cm³/mol. The molecule has 0 unspecified atom stereocenters. The average molecular weight is 248 g/mol. The van der Waals surface area contributed by atoms with Crippen LogP contribution in [0.2, 0.25) is 0 Å². The van der Waals surface area contributed by atoms with Gasteiger partial charge in [0.1, 0.15) is 5.84 Å². The van der Waals surface area contributed by atoms with Crippen molar-refractivity contribution in [2.75, 3.05) is 33.0 Å². The summed E-state index contributed by atoms with van der Waals surface area (Å²) in [6.45, 7) is 2.25. The Morgan fingerprint density at radius 2 is 1.89 bits per heavy atom. The summed E-state index contributed by atoms with van der Waals surface area (Å²) >= 11 is 0. The van der Waals surface area contributed by atoms with Gasteiger partial charge >= 0.3 is 0 Å². The number of aliphatic imine (C=N–C) groups is 1. The highest BCUT2D eigenvalue weighted by Gasteiger charge is 2.00. The summed E-state index contributed by atoms with van der Waals surface area (Å²) in [5.41, 5.74) is 1.64. The van der Waals surface area contributed by atoms with Gasteiger partial charge in [-0.2, -0.15) is 0 Å². The van der Waals surface area contributed by atoms with Crippen LogP contribution in [-0.4, -0.2) is 44.3 Å². The molecule has 0 aliphatic rings. The standard InChI is InChI=1S/C13H20N4O/c1-10(17(3)4)15-11-5-7-12(8-6-11)16-13(18)9-14-2/h5-8,14H,9H2,1-4H3,(H,16,18). The molecule has 1 aromatic rings. The quantitative estimate of drug-likeness (QED) is 0.626. The molecule has 2 N–H and O–H groups in total. The van der Waals surface area contributed by atoms with E-state index < -0.39 is 0 Å². The number of nitrogens with one attached hydrogen (secondary N) is 2. The molecule has 0 aliphatic heterocycles. The van der Waals surface area contributed by atoms with Crippen molar-refractivity contribution in [3.05, 3.63) is 24.3 Å². The second kappa shape index (κ2) is 6.76. The van der Waals surface area contributed by atoms with Gasteiger partial charge in [0, 0.05) is 19.8 Å². The Morgan fingerprint density at radius 3 is 2.39 bits per heavy atom. The van der Waals surface area contributed by atoms with Crippen LogP contribution in [-0.2, 0) is 4.79 Å². The van der Waals surface area contributed by atoms with Gasteiger partial charge in [0.05, 0.1) is 12.2 Å². The van der Waals surface area contributed by atoms with E-state index in [0.29, 0.717) is 6.54 Å². The summed E-state index contributed by atoms with van der Waals surface area (Å²) in [7, 11) is 5.64. The third kappa shape index (κ3) is 4.55. The lowest BCUT2D eigenvalue weighted by Gasteiger charge is -2.11. The molecule has 98 valence electrons. The SMILES string of the molecule is CNCC(=O)Nc1ccc(N=C(C)N(C)C)cc1. The number of anilines is 1. The molecular weight excluding hydrogens is 228 g/mol. The lowest BCUT2D eigenvalue weighted by Crippen LogP contribution is -2.24. The fraction of sp³-hybridized carbons (Fsp3) is 0.385. The smallest absolute Gasteiger partial charge is 0.238 e. The number of amidine groups is 1. The second-order valence-corrected chi connectivity index (χ2v) is 4.18. The Kier molecular flexibility index (Phi) is 5.32. The molecule has 0 radical (unpaired) electrons. The third-order valence-corrected chi connectivity index (χ3v) is 2.43. The second-order valence-electron chi connectivity index (χ2n) is 4.18. The lowest BCUT2D eigenvalue weighted by atomic mass is 10.3. The van der Waals surface area contributed by atoms with Crippen molar-refractivity contribution in [3.63, 3.8) is 0 Å². The van der Waals surface area contributed by atoms with Crippen LogP contribution in [0.3, 0.4) is 0 Å². The molecular formula is C13H20N4O. The number of carbonyl (C=O) groups excluding carboxylic acids is 1. The molecule has 0 atom stereocenters. The molecule has 0 fully saturated rings. The van der Waals surface area contributed by atoms with Crippen LogP contribution in [0, 0.1) is 0 Å². The van der Waals surface area contributed by atoms with Gasteiger partial charge in [-0.1, -0.05) is 0 Å². The largest absolute Gasteiger partial charge is 0.366 e. The molecule has 0 spiro atoms. The number of hydrogen-bond acceptors (Lipinski definition) is 3. The average Bonchev–Trinajstić information content (AvgIpc) is 2.31. The summed E-state index contributed by atoms with van der Waals surface area (Å²) < 4.78 is 0. The Morgan fingerprint density at radius 1 is 1.28 bits per heavy atom. The van der Waals surface area contributed by atoms with Crippen molar-refractivity contribution in [1.29, 1.82) is 0 Å². The number of carbonyl (C=O) groups is 1. The topological polar surface area (TPSA) is 56.7 Å². The Bertz CT molecular complexity index is 423. The van der Waals surface area contributed by atoms with Crippen LogP contribution < -0.4 is 10.6 Å². The number of rotatable bonds is 4. The first-order valence-electron chi connectivity index (χ1n) is 5.80. The molecule has 0 saturated heterocycles. The zero-order chi connectivity index (χ0) is 13.5. The van der Waals surface area contributed by atoms with Gasteiger partial charge in [0.15, 0.2) is 0 Å². The van der Waals surface area contributed by atoms with Gasteiger partial charge < -0.3 is 15.5 Å². The minimum Gasteiger partial charge on any atom is -0.366 e. The van der Waals surface area contributed by atoms with Gasteiger partial charge in [0.25, 0.3) is 0 Å². The summed E-state index contributed by atoms with van der Waals surface area (Å²) in [4.78, 5) is 17.7. The first-order chi connectivity index (χ1) is 8.52. The van der Waals surface area contributed by atoms with E-state index in [1.165, 1.54) is 0 Å². The van der Waals surface area contributed by atoms with E-state index in [9.17, 15) is 4.79 Å². The maximum Gasteiger partial charge on any atom is 0.238 e. The number of likely N-dealkylation sites (N-methyl/N-ethyl adjacent to an activating group) is 1. The monoisotopic (exact) mass is 248 g/mol. The van der Waals surface area contributed by atoms with E-state index in [-0.39, 0.29) is 5.91 Å². The Labute approximate surface area is 108 Å². The van der Waals surface area contributed by atoms with Gasteiger partial charge in [-0.25, -0.2) is 4.99 Å². The molecule has 5 nitrogen and oxygen atoms in total. The number of benzene rings is 1. The summed E-state index contributed by atoms with van der Waals surface area (Å²) in [5, 5.41) is 5.58. The lowest BCUT2D eigenvalue weighted by molar-refractivity contribution is -0.115. The molecule has 5 heteroatoms. The highest BCUT2D eigenvalue weighted by molar-refractivity contribution is 5.92. The highest BCUT2D eigenvalue weighted by Crippen LogP contribution is 2.16. The zero-order valence-corrected chi connectivity index (χ0v) is 11.3. The Balaban J connectivity index is 2.68. The van der Waals surface area contributed by atoms with Gasteiger partial charge in [-0.05, 0) is 38.2 Å². The van der Waals surface area contributed by atoms with E-state index in [4.69, 9.17) is 0 Å². The molecule has 0 saturated carbocycles. The number of hydrogen-bond donors (Lipinski definition) is 2. The van der Waals surface area contributed by atoms with Crippen molar-refractivity contribution in [1.82, 2.24) is 10.2 Å². The van der Waals surface area contributed by atoms with Crippen molar-refractivity contribution in [2.45, 2.75) is 6.92 Å². The minimum atomic E-state index is -0.0572. The number of amides is 1. The molecule has 1 rings (SSSR count). The fourth-order valence-electron chi connectivity index (χ4n) is 1.27. The van der Waals surface area contributed by atoms with Crippen LogP contribution >= 0.6 is 0 Å². The molecule has 0 heterocycles. The van der Waals surface area contributed by atoms with Crippen LogP contribution in [0.5, 0.6) is 0 Å². The summed E-state index contributed by atoms with van der Waals surface area (Å²) in [6, 6.07) is 7.44. The maximum absolute atomic E-state index is 11.4. The maximum atomic E-state index is 11.4. The molecule has 0 aromatic heterocycles. The van der Waals surface area contributed by atoms with Gasteiger partial charge in [-0.15, -0.1) is 0 Å². The third-order valence-electron chi connectivity index (χ3n) is 2.43. The first-order valence-corrected chi connectivity index (χ1v) is 5.80. The van der Waals surface area contributed by atoms with Gasteiger partial charge in [0.2, 0.25) is 5.91 Å². The normalized spacial score (nSPS) is 11.2. The predicted octanol–water partition coefficient (Wildman–Crippen LogP) is 1.46.